The van der Waals surface area contributed by atoms with Crippen LogP contribution in [0.5, 0.6) is 0 Å². The maximum absolute atomic E-state index is 12.5. The molecule has 1 aromatic carbocycles. The highest BCUT2D eigenvalue weighted by atomic mass is 35.5. The number of benzene rings is 1. The Hall–Kier alpha value is -2.86. The Morgan fingerprint density at radius 3 is 2.80 bits per heavy atom. The van der Waals surface area contributed by atoms with E-state index in [1.54, 1.807) is 43.5 Å². The van der Waals surface area contributed by atoms with Gasteiger partial charge in [0.15, 0.2) is 0 Å². The zero-order chi connectivity index (χ0) is 17.8. The van der Waals surface area contributed by atoms with Crippen LogP contribution in [0.15, 0.2) is 47.1 Å². The molecular formula is C18H17ClN4O2. The molecule has 128 valence electrons. The first kappa shape index (κ1) is 17.0. The number of carbonyl (C=O) groups excluding carboxylic acids is 1. The summed E-state index contributed by atoms with van der Waals surface area (Å²) in [7, 11) is 0. The monoisotopic (exact) mass is 356 g/mol. The molecule has 0 spiro atoms. The number of carbonyl (C=O) groups is 1. The van der Waals surface area contributed by atoms with Crippen molar-refractivity contribution in [3.05, 3.63) is 70.4 Å². The highest BCUT2D eigenvalue weighted by Gasteiger charge is 2.13. The highest BCUT2D eigenvalue weighted by Crippen LogP contribution is 2.23. The third-order valence-corrected chi connectivity index (χ3v) is 4.01. The minimum absolute atomic E-state index is 0.272. The quantitative estimate of drug-likeness (QED) is 0.716. The van der Waals surface area contributed by atoms with Gasteiger partial charge in [0.05, 0.1) is 12.8 Å². The van der Waals surface area contributed by atoms with Crippen LogP contribution in [-0.2, 0) is 6.54 Å². The van der Waals surface area contributed by atoms with Gasteiger partial charge in [0.1, 0.15) is 11.5 Å². The predicted molar refractivity (Wildman–Crippen MR) is 96.9 cm³/mol. The summed E-state index contributed by atoms with van der Waals surface area (Å²) < 4.78 is 5.26. The Balaban J connectivity index is 1.76. The van der Waals surface area contributed by atoms with E-state index in [4.69, 9.17) is 16.0 Å². The van der Waals surface area contributed by atoms with Gasteiger partial charge in [-0.15, -0.1) is 0 Å². The minimum Gasteiger partial charge on any atom is -0.467 e. The zero-order valence-corrected chi connectivity index (χ0v) is 14.6. The molecule has 1 amide bonds. The van der Waals surface area contributed by atoms with Gasteiger partial charge in [-0.3, -0.25) is 4.79 Å². The summed E-state index contributed by atoms with van der Waals surface area (Å²) in [6.07, 6.45) is 1.60. The van der Waals surface area contributed by atoms with Gasteiger partial charge in [0.25, 0.3) is 5.91 Å². The largest absolute Gasteiger partial charge is 0.467 e. The summed E-state index contributed by atoms with van der Waals surface area (Å²) in [5.74, 6) is 0.798. The van der Waals surface area contributed by atoms with Crippen molar-refractivity contribution in [1.82, 2.24) is 9.97 Å². The van der Waals surface area contributed by atoms with Gasteiger partial charge in [-0.05, 0) is 49.7 Å². The minimum atomic E-state index is -0.322. The number of halogens is 1. The van der Waals surface area contributed by atoms with Crippen LogP contribution >= 0.6 is 11.6 Å². The highest BCUT2D eigenvalue weighted by molar-refractivity contribution is 6.31. The van der Waals surface area contributed by atoms with Gasteiger partial charge in [-0.2, -0.15) is 0 Å². The lowest BCUT2D eigenvalue weighted by molar-refractivity contribution is 0.102. The Morgan fingerprint density at radius 2 is 2.04 bits per heavy atom. The average Bonchev–Trinajstić information content (AvgIpc) is 3.10. The van der Waals surface area contributed by atoms with Crippen LogP contribution in [0.3, 0.4) is 0 Å². The molecule has 0 unspecified atom stereocenters. The second kappa shape index (κ2) is 7.36. The van der Waals surface area contributed by atoms with E-state index in [-0.39, 0.29) is 11.6 Å². The standard InChI is InChI=1S/C18H17ClN4O2/c1-11-9-16(17(24)22-15-7-3-6-14(19)12(15)2)23-18(21-11)20-10-13-5-4-8-25-13/h3-9H,10H2,1-2H3,(H,22,24)(H,20,21,23). The second-order valence-electron chi connectivity index (χ2n) is 5.52. The third kappa shape index (κ3) is 4.16. The number of rotatable bonds is 5. The molecule has 2 N–H and O–H groups in total. The number of anilines is 2. The third-order valence-electron chi connectivity index (χ3n) is 3.60. The second-order valence-corrected chi connectivity index (χ2v) is 5.92. The molecule has 0 saturated carbocycles. The van der Waals surface area contributed by atoms with Gasteiger partial charge in [-0.25, -0.2) is 9.97 Å². The molecule has 25 heavy (non-hydrogen) atoms. The summed E-state index contributed by atoms with van der Waals surface area (Å²) in [6, 6.07) is 10.6. The molecular weight excluding hydrogens is 340 g/mol. The maximum atomic E-state index is 12.5. The Kier molecular flexibility index (Phi) is 5.00. The predicted octanol–water partition coefficient (Wildman–Crippen LogP) is 4.20. The van der Waals surface area contributed by atoms with Crippen LogP contribution in [0, 0.1) is 13.8 Å². The van der Waals surface area contributed by atoms with Crippen molar-refractivity contribution in [1.29, 1.82) is 0 Å². The Morgan fingerprint density at radius 1 is 1.20 bits per heavy atom. The fourth-order valence-corrected chi connectivity index (χ4v) is 2.45. The molecule has 7 heteroatoms. The van der Waals surface area contributed by atoms with Gasteiger partial charge in [0.2, 0.25) is 5.95 Å². The molecule has 2 heterocycles. The van der Waals surface area contributed by atoms with Crippen molar-refractivity contribution in [2.24, 2.45) is 0 Å². The van der Waals surface area contributed by atoms with Crippen LogP contribution in [0.2, 0.25) is 5.02 Å². The van der Waals surface area contributed by atoms with E-state index in [0.29, 0.717) is 28.9 Å². The van der Waals surface area contributed by atoms with Crippen molar-refractivity contribution in [3.63, 3.8) is 0 Å². The van der Waals surface area contributed by atoms with Crippen LogP contribution in [0.25, 0.3) is 0 Å². The number of nitrogens with zero attached hydrogens (tertiary/aromatic N) is 2. The SMILES string of the molecule is Cc1cc(C(=O)Nc2cccc(Cl)c2C)nc(NCc2ccco2)n1. The molecule has 0 fully saturated rings. The number of hydrogen-bond donors (Lipinski definition) is 2. The van der Waals surface area contributed by atoms with Crippen LogP contribution in [0.1, 0.15) is 27.5 Å². The first-order chi connectivity index (χ1) is 12.0. The van der Waals surface area contributed by atoms with Gasteiger partial charge < -0.3 is 15.1 Å². The molecule has 6 nitrogen and oxygen atoms in total. The number of aryl methyl sites for hydroxylation is 1. The summed E-state index contributed by atoms with van der Waals surface area (Å²) in [6.45, 7) is 4.09. The fraction of sp³-hybridized carbons (Fsp3) is 0.167. The fourth-order valence-electron chi connectivity index (χ4n) is 2.27. The van der Waals surface area contributed by atoms with E-state index in [0.717, 1.165) is 11.3 Å². The molecule has 0 aliphatic carbocycles. The molecule has 0 aliphatic rings. The number of hydrogen-bond acceptors (Lipinski definition) is 5. The lowest BCUT2D eigenvalue weighted by Crippen LogP contribution is -2.16. The van der Waals surface area contributed by atoms with E-state index in [1.807, 2.05) is 13.0 Å². The molecule has 0 atom stereocenters. The summed E-state index contributed by atoms with van der Waals surface area (Å²) in [4.78, 5) is 21.1. The van der Waals surface area contributed by atoms with E-state index < -0.39 is 0 Å². The van der Waals surface area contributed by atoms with E-state index in [9.17, 15) is 4.79 Å². The number of amides is 1. The molecule has 2 aromatic heterocycles. The van der Waals surface area contributed by atoms with Crippen molar-refractivity contribution in [2.75, 3.05) is 10.6 Å². The van der Waals surface area contributed by atoms with Gasteiger partial charge in [-0.1, -0.05) is 17.7 Å². The van der Waals surface area contributed by atoms with Crippen LogP contribution in [-0.4, -0.2) is 15.9 Å². The smallest absolute Gasteiger partial charge is 0.274 e. The van der Waals surface area contributed by atoms with Crippen LogP contribution < -0.4 is 10.6 Å². The number of furan rings is 1. The average molecular weight is 357 g/mol. The zero-order valence-electron chi connectivity index (χ0n) is 13.8. The van der Waals surface area contributed by atoms with Crippen molar-refractivity contribution < 1.29 is 9.21 Å². The summed E-state index contributed by atoms with van der Waals surface area (Å²) in [5.41, 5.74) is 2.41. The van der Waals surface area contributed by atoms with Gasteiger partial charge >= 0.3 is 0 Å². The Bertz CT molecular complexity index is 894. The summed E-state index contributed by atoms with van der Waals surface area (Å²) in [5, 5.41) is 6.48. The van der Waals surface area contributed by atoms with Crippen molar-refractivity contribution >= 4 is 29.1 Å². The molecule has 3 aromatic rings. The van der Waals surface area contributed by atoms with E-state index in [1.165, 1.54) is 0 Å². The molecule has 0 radical (unpaired) electrons. The Labute approximate surface area is 150 Å². The van der Waals surface area contributed by atoms with Crippen molar-refractivity contribution in [2.45, 2.75) is 20.4 Å². The molecule has 0 bridgehead atoms. The number of nitrogens with one attached hydrogen (secondary N) is 2. The topological polar surface area (TPSA) is 80.0 Å². The first-order valence-electron chi connectivity index (χ1n) is 7.71. The van der Waals surface area contributed by atoms with E-state index in [2.05, 4.69) is 20.6 Å². The van der Waals surface area contributed by atoms with E-state index >= 15 is 0 Å². The van der Waals surface area contributed by atoms with Gasteiger partial charge in [0, 0.05) is 16.4 Å². The lowest BCUT2D eigenvalue weighted by atomic mass is 10.2. The maximum Gasteiger partial charge on any atom is 0.274 e. The molecule has 0 aliphatic heterocycles. The normalized spacial score (nSPS) is 10.5. The molecule has 3 rings (SSSR count). The first-order valence-corrected chi connectivity index (χ1v) is 8.09. The summed E-state index contributed by atoms with van der Waals surface area (Å²) >= 11 is 6.09. The van der Waals surface area contributed by atoms with Crippen molar-refractivity contribution in [3.8, 4) is 0 Å². The number of aromatic nitrogens is 2. The lowest BCUT2D eigenvalue weighted by Gasteiger charge is -2.10. The molecule has 0 saturated heterocycles. The van der Waals surface area contributed by atoms with Crippen LogP contribution in [0.4, 0.5) is 11.6 Å².